The SMILES string of the molecule is CC(C)(C)NCc1ncnn1CC1CSc2ccccc21. The molecule has 0 aliphatic carbocycles. The Hall–Kier alpha value is -1.33. The summed E-state index contributed by atoms with van der Waals surface area (Å²) in [5.41, 5.74) is 1.54. The van der Waals surface area contributed by atoms with Gasteiger partial charge in [-0.3, -0.25) is 0 Å². The molecular weight excluding hydrogens is 280 g/mol. The lowest BCUT2D eigenvalue weighted by molar-refractivity contribution is 0.404. The quantitative estimate of drug-likeness (QED) is 0.942. The molecule has 3 rings (SSSR count). The van der Waals surface area contributed by atoms with Crippen LogP contribution in [0.2, 0.25) is 0 Å². The van der Waals surface area contributed by atoms with E-state index in [1.807, 2.05) is 16.4 Å². The second-order valence-electron chi connectivity index (χ2n) is 6.51. The molecule has 1 aliphatic heterocycles. The van der Waals surface area contributed by atoms with Gasteiger partial charge in [0.15, 0.2) is 0 Å². The van der Waals surface area contributed by atoms with Gasteiger partial charge in [0.05, 0.1) is 13.1 Å². The third-order valence-electron chi connectivity index (χ3n) is 3.66. The van der Waals surface area contributed by atoms with E-state index in [2.05, 4.69) is 60.4 Å². The number of aromatic nitrogens is 3. The van der Waals surface area contributed by atoms with Crippen LogP contribution in [0.5, 0.6) is 0 Å². The predicted molar refractivity (Wildman–Crippen MR) is 86.5 cm³/mol. The van der Waals surface area contributed by atoms with E-state index in [1.165, 1.54) is 10.5 Å². The summed E-state index contributed by atoms with van der Waals surface area (Å²) in [6.07, 6.45) is 1.66. The monoisotopic (exact) mass is 302 g/mol. The first-order chi connectivity index (χ1) is 10.0. The van der Waals surface area contributed by atoms with Crippen LogP contribution in [-0.2, 0) is 13.1 Å². The maximum absolute atomic E-state index is 4.41. The summed E-state index contributed by atoms with van der Waals surface area (Å²) in [5, 5.41) is 7.89. The van der Waals surface area contributed by atoms with Crippen molar-refractivity contribution >= 4 is 11.8 Å². The van der Waals surface area contributed by atoms with Gasteiger partial charge in [-0.2, -0.15) is 5.10 Å². The van der Waals surface area contributed by atoms with Gasteiger partial charge in [0, 0.05) is 22.1 Å². The van der Waals surface area contributed by atoms with E-state index < -0.39 is 0 Å². The van der Waals surface area contributed by atoms with Gasteiger partial charge >= 0.3 is 0 Å². The molecule has 1 aromatic heterocycles. The lowest BCUT2D eigenvalue weighted by atomic mass is 10.0. The highest BCUT2D eigenvalue weighted by Gasteiger charge is 2.24. The van der Waals surface area contributed by atoms with Crippen LogP contribution in [0.3, 0.4) is 0 Å². The van der Waals surface area contributed by atoms with Crippen molar-refractivity contribution in [2.45, 2.75) is 50.2 Å². The van der Waals surface area contributed by atoms with E-state index in [4.69, 9.17) is 0 Å². The van der Waals surface area contributed by atoms with E-state index in [0.29, 0.717) is 5.92 Å². The van der Waals surface area contributed by atoms with E-state index in [9.17, 15) is 0 Å². The van der Waals surface area contributed by atoms with Crippen molar-refractivity contribution in [1.29, 1.82) is 0 Å². The number of hydrogen-bond donors (Lipinski definition) is 1. The summed E-state index contributed by atoms with van der Waals surface area (Å²) < 4.78 is 2.05. The highest BCUT2D eigenvalue weighted by molar-refractivity contribution is 7.99. The van der Waals surface area contributed by atoms with Crippen LogP contribution in [0.1, 0.15) is 38.1 Å². The Labute approximate surface area is 130 Å². The van der Waals surface area contributed by atoms with Crippen molar-refractivity contribution in [2.24, 2.45) is 0 Å². The van der Waals surface area contributed by atoms with Gasteiger partial charge in [-0.05, 0) is 32.4 Å². The summed E-state index contributed by atoms with van der Waals surface area (Å²) >= 11 is 1.94. The van der Waals surface area contributed by atoms with Crippen molar-refractivity contribution < 1.29 is 0 Å². The van der Waals surface area contributed by atoms with Gasteiger partial charge in [-0.15, -0.1) is 11.8 Å². The van der Waals surface area contributed by atoms with Crippen molar-refractivity contribution in [3.05, 3.63) is 42.0 Å². The van der Waals surface area contributed by atoms with Gasteiger partial charge in [-0.25, -0.2) is 9.67 Å². The molecule has 0 fully saturated rings. The molecule has 1 unspecified atom stereocenters. The maximum Gasteiger partial charge on any atom is 0.140 e. The molecule has 2 aromatic rings. The first-order valence-electron chi connectivity index (χ1n) is 7.36. The molecule has 1 N–H and O–H groups in total. The normalized spacial score (nSPS) is 18.0. The van der Waals surface area contributed by atoms with Crippen molar-refractivity contribution in [3.63, 3.8) is 0 Å². The van der Waals surface area contributed by atoms with Crippen LogP contribution >= 0.6 is 11.8 Å². The summed E-state index contributed by atoms with van der Waals surface area (Å²) in [7, 11) is 0. The number of nitrogens with one attached hydrogen (secondary N) is 1. The maximum atomic E-state index is 4.41. The third kappa shape index (κ3) is 3.47. The Morgan fingerprint density at radius 1 is 1.33 bits per heavy atom. The Bertz CT molecular complexity index is 615. The summed E-state index contributed by atoms with van der Waals surface area (Å²) in [6.45, 7) is 8.16. The number of benzene rings is 1. The molecule has 0 amide bonds. The van der Waals surface area contributed by atoms with Crippen LogP contribution in [0.15, 0.2) is 35.5 Å². The van der Waals surface area contributed by atoms with E-state index in [-0.39, 0.29) is 5.54 Å². The number of thioether (sulfide) groups is 1. The van der Waals surface area contributed by atoms with Crippen LogP contribution < -0.4 is 5.32 Å². The number of fused-ring (bicyclic) bond motifs is 1. The summed E-state index contributed by atoms with van der Waals surface area (Å²) in [5.74, 6) is 2.67. The number of hydrogen-bond acceptors (Lipinski definition) is 4. The second kappa shape index (κ2) is 5.81. The molecule has 21 heavy (non-hydrogen) atoms. The van der Waals surface area contributed by atoms with Crippen molar-refractivity contribution in [3.8, 4) is 0 Å². The molecule has 1 atom stereocenters. The molecule has 0 saturated carbocycles. The van der Waals surface area contributed by atoms with Gasteiger partial charge in [-0.1, -0.05) is 18.2 Å². The Kier molecular flexibility index (Phi) is 4.04. The predicted octanol–water partition coefficient (Wildman–Crippen LogP) is 3.06. The largest absolute Gasteiger partial charge is 0.305 e. The smallest absolute Gasteiger partial charge is 0.140 e. The molecule has 4 nitrogen and oxygen atoms in total. The van der Waals surface area contributed by atoms with E-state index >= 15 is 0 Å². The molecule has 112 valence electrons. The summed E-state index contributed by atoms with van der Waals surface area (Å²) in [4.78, 5) is 5.81. The van der Waals surface area contributed by atoms with E-state index in [0.717, 1.165) is 24.7 Å². The van der Waals surface area contributed by atoms with Gasteiger partial charge in [0.1, 0.15) is 12.2 Å². The van der Waals surface area contributed by atoms with Crippen LogP contribution in [0.4, 0.5) is 0 Å². The Morgan fingerprint density at radius 3 is 2.95 bits per heavy atom. The van der Waals surface area contributed by atoms with Crippen LogP contribution in [0, 0.1) is 0 Å². The lowest BCUT2D eigenvalue weighted by Gasteiger charge is -2.20. The number of nitrogens with zero attached hydrogens (tertiary/aromatic N) is 3. The van der Waals surface area contributed by atoms with Crippen LogP contribution in [0.25, 0.3) is 0 Å². The fraction of sp³-hybridized carbons (Fsp3) is 0.500. The second-order valence-corrected chi connectivity index (χ2v) is 7.57. The molecule has 0 radical (unpaired) electrons. The fourth-order valence-corrected chi connectivity index (χ4v) is 3.75. The minimum absolute atomic E-state index is 0.0899. The first kappa shape index (κ1) is 14.6. The van der Waals surface area contributed by atoms with Crippen LogP contribution in [-0.4, -0.2) is 26.1 Å². The topological polar surface area (TPSA) is 42.7 Å². The number of rotatable bonds is 4. The average Bonchev–Trinajstić information content (AvgIpc) is 3.04. The summed E-state index contributed by atoms with van der Waals surface area (Å²) in [6, 6.07) is 8.69. The zero-order chi connectivity index (χ0) is 14.9. The molecule has 0 bridgehead atoms. The lowest BCUT2D eigenvalue weighted by Crippen LogP contribution is -2.36. The molecular formula is C16H22N4S. The Balaban J connectivity index is 1.71. The van der Waals surface area contributed by atoms with Crippen molar-refractivity contribution in [1.82, 2.24) is 20.1 Å². The Morgan fingerprint density at radius 2 is 2.14 bits per heavy atom. The minimum atomic E-state index is 0.0899. The molecule has 5 heteroatoms. The molecule has 1 aliphatic rings. The molecule has 0 saturated heterocycles. The van der Waals surface area contributed by atoms with E-state index in [1.54, 1.807) is 6.33 Å². The minimum Gasteiger partial charge on any atom is -0.305 e. The molecule has 0 spiro atoms. The van der Waals surface area contributed by atoms with Crippen molar-refractivity contribution in [2.75, 3.05) is 5.75 Å². The standard InChI is InChI=1S/C16H22N4S/c1-16(2,3)18-8-15-17-11-19-20(15)9-12-10-21-14-7-5-4-6-13(12)14/h4-7,11-12,18H,8-10H2,1-3H3. The highest BCUT2D eigenvalue weighted by atomic mass is 32.2. The molecule has 1 aromatic carbocycles. The van der Waals surface area contributed by atoms with Gasteiger partial charge < -0.3 is 5.32 Å². The zero-order valence-electron chi connectivity index (χ0n) is 12.8. The first-order valence-corrected chi connectivity index (χ1v) is 8.35. The fourth-order valence-electron chi connectivity index (χ4n) is 2.51. The van der Waals surface area contributed by atoms with Gasteiger partial charge in [0.25, 0.3) is 0 Å². The average molecular weight is 302 g/mol. The van der Waals surface area contributed by atoms with Gasteiger partial charge in [0.2, 0.25) is 0 Å². The molecule has 2 heterocycles. The highest BCUT2D eigenvalue weighted by Crippen LogP contribution is 2.39. The third-order valence-corrected chi connectivity index (χ3v) is 4.92. The zero-order valence-corrected chi connectivity index (χ0v) is 13.7.